The summed E-state index contributed by atoms with van der Waals surface area (Å²) in [6.07, 6.45) is 0.535. The van der Waals surface area contributed by atoms with Gasteiger partial charge in [-0.3, -0.25) is 4.79 Å². The van der Waals surface area contributed by atoms with Crippen LogP contribution in [0.1, 0.15) is 28.4 Å². The van der Waals surface area contributed by atoms with Gasteiger partial charge in [0.2, 0.25) is 5.65 Å². The van der Waals surface area contributed by atoms with E-state index < -0.39 is 11.5 Å². The first-order chi connectivity index (χ1) is 14.0. The number of hydrogen-bond acceptors (Lipinski definition) is 6. The number of benzene rings is 2. The van der Waals surface area contributed by atoms with Crippen molar-refractivity contribution in [3.8, 4) is 17.1 Å². The molecule has 0 spiro atoms. The van der Waals surface area contributed by atoms with Gasteiger partial charge in [-0.05, 0) is 48.7 Å². The molecule has 9 nitrogen and oxygen atoms in total. The van der Waals surface area contributed by atoms with Gasteiger partial charge in [-0.15, -0.1) is 10.2 Å². The van der Waals surface area contributed by atoms with Crippen LogP contribution in [0.4, 0.5) is 0 Å². The average Bonchev–Trinajstić information content (AvgIpc) is 3.18. The van der Waals surface area contributed by atoms with E-state index in [0.717, 1.165) is 11.1 Å². The van der Waals surface area contributed by atoms with Crippen molar-refractivity contribution < 1.29 is 14.6 Å². The molecule has 29 heavy (non-hydrogen) atoms. The second kappa shape index (κ2) is 7.55. The predicted molar refractivity (Wildman–Crippen MR) is 105 cm³/mol. The third-order valence-electron chi connectivity index (χ3n) is 4.38. The maximum atomic E-state index is 12.2. The fourth-order valence-electron chi connectivity index (χ4n) is 3.08. The van der Waals surface area contributed by atoms with E-state index in [1.807, 2.05) is 31.2 Å². The molecule has 0 radical (unpaired) electrons. The van der Waals surface area contributed by atoms with Crippen LogP contribution < -0.4 is 10.3 Å². The Bertz CT molecular complexity index is 1260. The first-order valence-corrected chi connectivity index (χ1v) is 8.94. The molecule has 0 bridgehead atoms. The lowest BCUT2D eigenvalue weighted by atomic mass is 10.0. The molecule has 0 amide bonds. The number of carboxylic acids is 1. The molecule has 0 fully saturated rings. The number of aromatic nitrogens is 5. The maximum absolute atomic E-state index is 12.2. The zero-order chi connectivity index (χ0) is 20.4. The van der Waals surface area contributed by atoms with E-state index in [-0.39, 0.29) is 16.7 Å². The summed E-state index contributed by atoms with van der Waals surface area (Å²) < 4.78 is 5.77. The van der Waals surface area contributed by atoms with Gasteiger partial charge in [0.15, 0.2) is 5.52 Å². The Hall–Kier alpha value is -4.01. The molecule has 4 aromatic rings. The van der Waals surface area contributed by atoms with E-state index in [0.29, 0.717) is 30.2 Å². The highest BCUT2D eigenvalue weighted by atomic mass is 16.5. The van der Waals surface area contributed by atoms with Crippen LogP contribution >= 0.6 is 0 Å². The molecule has 0 aliphatic rings. The number of carboxylic acid groups (broad SMARTS) is 1. The number of fused-ring (bicyclic) bond motifs is 1. The molecule has 9 heteroatoms. The highest BCUT2D eigenvalue weighted by Gasteiger charge is 2.14. The molecule has 2 aromatic heterocycles. The Kier molecular flexibility index (Phi) is 4.78. The SMILES string of the molecule is CCOc1cc(Cc2cccc(C(=O)O)c2)ccc1-c1nc2n[nH]nc2c(=O)[nH]1. The maximum Gasteiger partial charge on any atom is 0.335 e. The van der Waals surface area contributed by atoms with Crippen LogP contribution in [-0.4, -0.2) is 43.1 Å². The van der Waals surface area contributed by atoms with Gasteiger partial charge >= 0.3 is 5.97 Å². The second-order valence-corrected chi connectivity index (χ2v) is 6.36. The lowest BCUT2D eigenvalue weighted by Gasteiger charge is -2.12. The Balaban J connectivity index is 1.72. The van der Waals surface area contributed by atoms with Gasteiger partial charge < -0.3 is 14.8 Å². The minimum atomic E-state index is -0.963. The molecule has 4 rings (SSSR count). The van der Waals surface area contributed by atoms with Crippen molar-refractivity contribution in [1.29, 1.82) is 0 Å². The van der Waals surface area contributed by atoms with Crippen molar-refractivity contribution in [2.75, 3.05) is 6.61 Å². The number of nitrogens with zero attached hydrogens (tertiary/aromatic N) is 3. The summed E-state index contributed by atoms with van der Waals surface area (Å²) in [6, 6.07) is 12.4. The normalized spacial score (nSPS) is 10.9. The first kappa shape index (κ1) is 18.4. The van der Waals surface area contributed by atoms with Crippen LogP contribution in [0.2, 0.25) is 0 Å². The van der Waals surface area contributed by atoms with Crippen molar-refractivity contribution in [2.24, 2.45) is 0 Å². The molecule has 0 saturated heterocycles. The van der Waals surface area contributed by atoms with E-state index in [9.17, 15) is 9.59 Å². The van der Waals surface area contributed by atoms with Crippen LogP contribution in [0.5, 0.6) is 5.75 Å². The van der Waals surface area contributed by atoms with Gasteiger partial charge in [0.25, 0.3) is 5.56 Å². The van der Waals surface area contributed by atoms with Crippen LogP contribution in [0, 0.1) is 0 Å². The van der Waals surface area contributed by atoms with Crippen LogP contribution in [0.15, 0.2) is 47.3 Å². The summed E-state index contributed by atoms with van der Waals surface area (Å²) in [5, 5.41) is 19.2. The predicted octanol–water partition coefficient (Wildman–Crippen LogP) is 2.40. The number of aromatic amines is 2. The van der Waals surface area contributed by atoms with Gasteiger partial charge in [-0.25, -0.2) is 9.78 Å². The fraction of sp³-hybridized carbons (Fsp3) is 0.150. The molecule has 0 atom stereocenters. The van der Waals surface area contributed by atoms with Crippen LogP contribution in [-0.2, 0) is 6.42 Å². The third-order valence-corrected chi connectivity index (χ3v) is 4.38. The summed E-state index contributed by atoms with van der Waals surface area (Å²) in [6.45, 7) is 2.30. The minimum absolute atomic E-state index is 0.140. The lowest BCUT2D eigenvalue weighted by molar-refractivity contribution is 0.0696. The van der Waals surface area contributed by atoms with Crippen molar-refractivity contribution in [3.05, 3.63) is 69.5 Å². The second-order valence-electron chi connectivity index (χ2n) is 6.36. The quantitative estimate of drug-likeness (QED) is 0.459. The number of rotatable bonds is 6. The van der Waals surface area contributed by atoms with Gasteiger partial charge in [-0.1, -0.05) is 18.2 Å². The standard InChI is InChI=1S/C20H17N5O4/c1-2-29-15-10-12(8-11-4-3-5-13(9-11)20(27)28)6-7-14(15)17-21-18-16(19(26)22-17)23-25-24-18/h3-7,9-10H,2,8H2,1H3,(H,27,28)(H2,21,22,23,24,25,26). The summed E-state index contributed by atoms with van der Waals surface area (Å²) >= 11 is 0. The Morgan fingerprint density at radius 2 is 1.97 bits per heavy atom. The topological polar surface area (TPSA) is 134 Å². The first-order valence-electron chi connectivity index (χ1n) is 8.94. The van der Waals surface area contributed by atoms with E-state index in [1.54, 1.807) is 18.2 Å². The lowest BCUT2D eigenvalue weighted by Crippen LogP contribution is -2.10. The molecule has 0 aliphatic carbocycles. The molecule has 0 unspecified atom stereocenters. The third kappa shape index (κ3) is 3.70. The van der Waals surface area contributed by atoms with E-state index in [4.69, 9.17) is 9.84 Å². The summed E-state index contributed by atoms with van der Waals surface area (Å²) in [5.74, 6) is -0.0693. The molecule has 2 heterocycles. The summed E-state index contributed by atoms with van der Waals surface area (Å²) in [7, 11) is 0. The van der Waals surface area contributed by atoms with Crippen molar-refractivity contribution in [2.45, 2.75) is 13.3 Å². The molecular formula is C20H17N5O4. The smallest absolute Gasteiger partial charge is 0.335 e. The number of H-pyrrole nitrogens is 2. The highest BCUT2D eigenvalue weighted by Crippen LogP contribution is 2.29. The number of aromatic carboxylic acids is 1. The minimum Gasteiger partial charge on any atom is -0.493 e. The van der Waals surface area contributed by atoms with E-state index >= 15 is 0 Å². The highest BCUT2D eigenvalue weighted by molar-refractivity contribution is 5.87. The van der Waals surface area contributed by atoms with Crippen LogP contribution in [0.3, 0.4) is 0 Å². The molecule has 3 N–H and O–H groups in total. The average molecular weight is 391 g/mol. The molecule has 0 saturated carbocycles. The van der Waals surface area contributed by atoms with E-state index in [2.05, 4.69) is 25.4 Å². The number of carbonyl (C=O) groups is 1. The van der Waals surface area contributed by atoms with Gasteiger partial charge in [-0.2, -0.15) is 5.21 Å². The van der Waals surface area contributed by atoms with Gasteiger partial charge in [0.05, 0.1) is 17.7 Å². The molecule has 0 aliphatic heterocycles. The molecular weight excluding hydrogens is 374 g/mol. The summed E-state index contributed by atoms with van der Waals surface area (Å²) in [5.41, 5.74) is 2.64. The van der Waals surface area contributed by atoms with Gasteiger partial charge in [0, 0.05) is 0 Å². The Morgan fingerprint density at radius 3 is 2.76 bits per heavy atom. The number of hydrogen-bond donors (Lipinski definition) is 3. The van der Waals surface area contributed by atoms with Crippen molar-refractivity contribution in [3.63, 3.8) is 0 Å². The monoisotopic (exact) mass is 391 g/mol. The molecule has 146 valence electrons. The van der Waals surface area contributed by atoms with Gasteiger partial charge in [0.1, 0.15) is 11.6 Å². The largest absolute Gasteiger partial charge is 0.493 e. The Morgan fingerprint density at radius 1 is 1.14 bits per heavy atom. The van der Waals surface area contributed by atoms with E-state index in [1.165, 1.54) is 0 Å². The fourth-order valence-corrected chi connectivity index (χ4v) is 3.08. The Labute approximate surface area is 164 Å². The van der Waals surface area contributed by atoms with Crippen LogP contribution in [0.25, 0.3) is 22.6 Å². The summed E-state index contributed by atoms with van der Waals surface area (Å²) in [4.78, 5) is 30.4. The van der Waals surface area contributed by atoms with Crippen molar-refractivity contribution >= 4 is 17.1 Å². The zero-order valence-electron chi connectivity index (χ0n) is 15.5. The number of nitrogens with one attached hydrogen (secondary N) is 2. The zero-order valence-corrected chi connectivity index (χ0v) is 15.5. The molecule has 2 aromatic carbocycles. The number of ether oxygens (including phenoxy) is 1. The van der Waals surface area contributed by atoms with Crippen molar-refractivity contribution in [1.82, 2.24) is 25.4 Å².